The molecule has 0 bridgehead atoms. The Morgan fingerprint density at radius 2 is 1.57 bits per heavy atom. The molecule has 0 aliphatic rings. The van der Waals surface area contributed by atoms with Crippen LogP contribution in [0.1, 0.15) is 28.7 Å². The van der Waals surface area contributed by atoms with E-state index in [0.717, 1.165) is 27.8 Å². The van der Waals surface area contributed by atoms with Crippen LogP contribution in [0.25, 0.3) is 0 Å². The molecular weight excluding hydrogens is 500 g/mol. The second-order valence-corrected chi connectivity index (χ2v) is 11.8. The minimum absolute atomic E-state index is 0.128. The maximum atomic E-state index is 13.5. The van der Waals surface area contributed by atoms with E-state index in [1.54, 1.807) is 49.4 Å². The topological polar surface area (TPSA) is 66.5 Å². The smallest absolute Gasteiger partial charge is 0.264 e. The van der Waals surface area contributed by atoms with Gasteiger partial charge >= 0.3 is 0 Å². The molecule has 0 aromatic heterocycles. The van der Waals surface area contributed by atoms with Gasteiger partial charge in [-0.3, -0.25) is 9.10 Å². The first-order valence-corrected chi connectivity index (χ1v) is 14.4. The fourth-order valence-electron chi connectivity index (χ4n) is 3.47. The van der Waals surface area contributed by atoms with Gasteiger partial charge in [-0.25, -0.2) is 8.42 Å². The van der Waals surface area contributed by atoms with Crippen molar-refractivity contribution in [2.75, 3.05) is 23.1 Å². The zero-order chi connectivity index (χ0) is 25.4. The van der Waals surface area contributed by atoms with Crippen LogP contribution in [0, 0.1) is 20.8 Å². The summed E-state index contributed by atoms with van der Waals surface area (Å²) in [6.07, 6.45) is 0.795. The highest BCUT2D eigenvalue weighted by Gasteiger charge is 2.28. The Morgan fingerprint density at radius 3 is 2.23 bits per heavy atom. The van der Waals surface area contributed by atoms with E-state index in [0.29, 0.717) is 22.8 Å². The van der Waals surface area contributed by atoms with E-state index < -0.39 is 10.0 Å². The average molecular weight is 531 g/mol. The Bertz CT molecular complexity index is 1240. The zero-order valence-electron chi connectivity index (χ0n) is 20.3. The van der Waals surface area contributed by atoms with Gasteiger partial charge in [-0.05, 0) is 68.3 Å². The third kappa shape index (κ3) is 7.50. The predicted molar refractivity (Wildman–Crippen MR) is 147 cm³/mol. The maximum Gasteiger partial charge on any atom is 0.264 e. The SMILES string of the molecule is Cc1ccc(CSCCCNC(=O)CN(c2cccc(Cl)c2C)S(=O)(=O)c2ccc(C)cc2)cc1. The Hall–Kier alpha value is -2.48. The molecule has 0 spiro atoms. The predicted octanol–water partition coefficient (Wildman–Crippen LogP) is 5.90. The van der Waals surface area contributed by atoms with E-state index in [4.69, 9.17) is 11.6 Å². The molecule has 5 nitrogen and oxygen atoms in total. The summed E-state index contributed by atoms with van der Waals surface area (Å²) in [4.78, 5) is 12.9. The number of benzene rings is 3. The third-order valence-corrected chi connectivity index (χ3v) is 8.88. The number of nitrogens with one attached hydrogen (secondary N) is 1. The summed E-state index contributed by atoms with van der Waals surface area (Å²) in [7, 11) is -3.97. The van der Waals surface area contributed by atoms with Crippen molar-refractivity contribution in [2.45, 2.75) is 37.8 Å². The molecule has 3 aromatic rings. The molecule has 1 N–H and O–H groups in total. The molecular formula is C27H31ClN2O3S2. The molecule has 35 heavy (non-hydrogen) atoms. The first-order valence-electron chi connectivity index (χ1n) is 11.4. The van der Waals surface area contributed by atoms with Gasteiger partial charge in [0.2, 0.25) is 5.91 Å². The molecule has 0 unspecified atom stereocenters. The van der Waals surface area contributed by atoms with Crippen molar-refractivity contribution >= 4 is 45.0 Å². The van der Waals surface area contributed by atoms with Crippen molar-refractivity contribution in [1.82, 2.24) is 5.32 Å². The molecule has 3 aromatic carbocycles. The average Bonchev–Trinajstić information content (AvgIpc) is 2.83. The van der Waals surface area contributed by atoms with Gasteiger partial charge in [0.1, 0.15) is 6.54 Å². The number of hydrogen-bond acceptors (Lipinski definition) is 4. The Kier molecular flexibility index (Phi) is 9.66. The number of carbonyl (C=O) groups excluding carboxylic acids is 1. The minimum Gasteiger partial charge on any atom is -0.354 e. The Morgan fingerprint density at radius 1 is 0.943 bits per heavy atom. The monoisotopic (exact) mass is 530 g/mol. The van der Waals surface area contributed by atoms with Crippen LogP contribution >= 0.6 is 23.4 Å². The molecule has 0 aliphatic carbocycles. The molecule has 0 saturated carbocycles. The number of thioether (sulfide) groups is 1. The number of aryl methyl sites for hydroxylation is 2. The quantitative estimate of drug-likeness (QED) is 0.313. The molecule has 3 rings (SSSR count). The summed E-state index contributed by atoms with van der Waals surface area (Å²) >= 11 is 8.08. The van der Waals surface area contributed by atoms with Crippen LogP contribution in [-0.4, -0.2) is 33.2 Å². The number of rotatable bonds is 11. The normalized spacial score (nSPS) is 11.3. The first kappa shape index (κ1) is 27.1. The molecule has 0 heterocycles. The largest absolute Gasteiger partial charge is 0.354 e. The number of sulfonamides is 1. The van der Waals surface area contributed by atoms with Crippen LogP contribution in [0.2, 0.25) is 5.02 Å². The Balaban J connectivity index is 1.63. The molecule has 0 fully saturated rings. The molecule has 1 amide bonds. The molecule has 0 aliphatic heterocycles. The van der Waals surface area contributed by atoms with Crippen molar-refractivity contribution < 1.29 is 13.2 Å². The van der Waals surface area contributed by atoms with E-state index in [1.165, 1.54) is 11.1 Å². The van der Waals surface area contributed by atoms with Gasteiger partial charge in [0.05, 0.1) is 10.6 Å². The van der Waals surface area contributed by atoms with E-state index in [9.17, 15) is 13.2 Å². The van der Waals surface area contributed by atoms with E-state index in [-0.39, 0.29) is 17.3 Å². The lowest BCUT2D eigenvalue weighted by Crippen LogP contribution is -2.41. The summed E-state index contributed by atoms with van der Waals surface area (Å²) in [5.41, 5.74) is 4.46. The maximum absolute atomic E-state index is 13.5. The number of amides is 1. The summed E-state index contributed by atoms with van der Waals surface area (Å²) in [5, 5.41) is 3.31. The fraction of sp³-hybridized carbons (Fsp3) is 0.296. The van der Waals surface area contributed by atoms with E-state index in [2.05, 4.69) is 36.5 Å². The lowest BCUT2D eigenvalue weighted by molar-refractivity contribution is -0.119. The second-order valence-electron chi connectivity index (χ2n) is 8.45. The second kappa shape index (κ2) is 12.5. The van der Waals surface area contributed by atoms with E-state index >= 15 is 0 Å². The van der Waals surface area contributed by atoms with Crippen molar-refractivity contribution in [3.05, 3.63) is 94.0 Å². The summed E-state index contributed by atoms with van der Waals surface area (Å²) < 4.78 is 28.2. The van der Waals surface area contributed by atoms with Crippen molar-refractivity contribution in [2.24, 2.45) is 0 Å². The van der Waals surface area contributed by atoms with Crippen LogP contribution in [0.4, 0.5) is 5.69 Å². The molecule has 8 heteroatoms. The van der Waals surface area contributed by atoms with Gasteiger partial charge in [-0.1, -0.05) is 65.2 Å². The van der Waals surface area contributed by atoms with E-state index in [1.807, 2.05) is 18.7 Å². The molecule has 186 valence electrons. The number of carbonyl (C=O) groups is 1. The highest BCUT2D eigenvalue weighted by molar-refractivity contribution is 7.98. The number of hydrogen-bond donors (Lipinski definition) is 1. The van der Waals surface area contributed by atoms with Gasteiger partial charge < -0.3 is 5.32 Å². The molecule has 0 saturated heterocycles. The van der Waals surface area contributed by atoms with Crippen LogP contribution in [0.15, 0.2) is 71.6 Å². The third-order valence-electron chi connectivity index (χ3n) is 5.58. The highest BCUT2D eigenvalue weighted by atomic mass is 35.5. The van der Waals surface area contributed by atoms with Gasteiger partial charge in [0.25, 0.3) is 10.0 Å². The fourth-order valence-corrected chi connectivity index (χ4v) is 6.04. The van der Waals surface area contributed by atoms with Gasteiger partial charge in [-0.2, -0.15) is 11.8 Å². The summed E-state index contributed by atoms with van der Waals surface area (Å²) in [6, 6.07) is 20.1. The van der Waals surface area contributed by atoms with Crippen LogP contribution in [-0.2, 0) is 20.6 Å². The van der Waals surface area contributed by atoms with Gasteiger partial charge in [0, 0.05) is 17.3 Å². The van der Waals surface area contributed by atoms with Gasteiger partial charge in [0.15, 0.2) is 0 Å². The minimum atomic E-state index is -3.97. The number of halogens is 1. The first-order chi connectivity index (χ1) is 16.7. The lowest BCUT2D eigenvalue weighted by atomic mass is 10.2. The molecule has 0 radical (unpaired) electrons. The van der Waals surface area contributed by atoms with Crippen molar-refractivity contribution in [3.63, 3.8) is 0 Å². The lowest BCUT2D eigenvalue weighted by Gasteiger charge is -2.26. The van der Waals surface area contributed by atoms with Gasteiger partial charge in [-0.15, -0.1) is 0 Å². The van der Waals surface area contributed by atoms with Crippen LogP contribution in [0.3, 0.4) is 0 Å². The van der Waals surface area contributed by atoms with Crippen molar-refractivity contribution in [1.29, 1.82) is 0 Å². The Labute approximate surface area is 217 Å². The molecule has 0 atom stereocenters. The van der Waals surface area contributed by atoms with Crippen LogP contribution in [0.5, 0.6) is 0 Å². The van der Waals surface area contributed by atoms with Crippen LogP contribution < -0.4 is 9.62 Å². The van der Waals surface area contributed by atoms with Crippen molar-refractivity contribution in [3.8, 4) is 0 Å². The standard InChI is InChI=1S/C27H31ClN2O3S2/c1-20-8-12-23(13-9-20)19-34-17-5-16-29-27(31)18-30(26-7-4-6-25(28)22(26)3)35(32,33)24-14-10-21(2)11-15-24/h4,6-15H,5,16-19H2,1-3H3,(H,29,31). The summed E-state index contributed by atoms with van der Waals surface area (Å²) in [6.45, 7) is 5.86. The zero-order valence-corrected chi connectivity index (χ0v) is 22.6. The number of anilines is 1. The summed E-state index contributed by atoms with van der Waals surface area (Å²) in [5.74, 6) is 1.46. The highest BCUT2D eigenvalue weighted by Crippen LogP contribution is 2.30. The number of nitrogens with zero attached hydrogens (tertiary/aromatic N) is 1.